The van der Waals surface area contributed by atoms with Gasteiger partial charge in [-0.3, -0.25) is 4.79 Å². The van der Waals surface area contributed by atoms with Crippen LogP contribution in [0.1, 0.15) is 18.4 Å². The standard InChI is InChI=1S/C10H9ClO2/c1-7(13)9(6-12)8-4-2-3-5-10(8)11/h2-6,9H,1H3. The Morgan fingerprint density at radius 2 is 2.08 bits per heavy atom. The van der Waals surface area contributed by atoms with Crippen LogP contribution in [0.25, 0.3) is 0 Å². The molecule has 0 aliphatic heterocycles. The van der Waals surface area contributed by atoms with Crippen LogP contribution in [0, 0.1) is 0 Å². The lowest BCUT2D eigenvalue weighted by molar-refractivity contribution is -0.122. The molecule has 0 saturated carbocycles. The molecule has 0 heterocycles. The molecule has 0 N–H and O–H groups in total. The zero-order valence-electron chi connectivity index (χ0n) is 7.16. The van der Waals surface area contributed by atoms with Crippen molar-refractivity contribution in [3.05, 3.63) is 34.9 Å². The normalized spacial score (nSPS) is 12.2. The number of hydrogen-bond acceptors (Lipinski definition) is 2. The molecule has 1 aromatic carbocycles. The molecule has 3 heteroatoms. The Balaban J connectivity index is 3.12. The Labute approximate surface area is 81.5 Å². The van der Waals surface area contributed by atoms with Crippen molar-refractivity contribution in [1.82, 2.24) is 0 Å². The first-order chi connectivity index (χ1) is 6.16. The Hall–Kier alpha value is -1.15. The third kappa shape index (κ3) is 2.16. The Morgan fingerprint density at radius 3 is 2.54 bits per heavy atom. The first-order valence-electron chi connectivity index (χ1n) is 3.87. The second-order valence-electron chi connectivity index (χ2n) is 2.75. The lowest BCUT2D eigenvalue weighted by Crippen LogP contribution is -2.10. The average Bonchev–Trinajstić information content (AvgIpc) is 2.09. The summed E-state index contributed by atoms with van der Waals surface area (Å²) in [5.41, 5.74) is 0.576. The van der Waals surface area contributed by atoms with Crippen LogP contribution in [0.4, 0.5) is 0 Å². The average molecular weight is 197 g/mol. The molecule has 13 heavy (non-hydrogen) atoms. The van der Waals surface area contributed by atoms with Crippen LogP contribution >= 0.6 is 11.6 Å². The molecule has 0 aliphatic carbocycles. The highest BCUT2D eigenvalue weighted by Crippen LogP contribution is 2.23. The van der Waals surface area contributed by atoms with Gasteiger partial charge < -0.3 is 4.79 Å². The van der Waals surface area contributed by atoms with E-state index in [1.54, 1.807) is 24.3 Å². The summed E-state index contributed by atoms with van der Waals surface area (Å²) in [4.78, 5) is 21.7. The van der Waals surface area contributed by atoms with Gasteiger partial charge in [-0.1, -0.05) is 29.8 Å². The van der Waals surface area contributed by atoms with Gasteiger partial charge in [-0.2, -0.15) is 0 Å². The predicted octanol–water partition coefficient (Wildman–Crippen LogP) is 2.21. The summed E-state index contributed by atoms with van der Waals surface area (Å²) < 4.78 is 0. The molecule has 0 radical (unpaired) electrons. The van der Waals surface area contributed by atoms with Crippen molar-refractivity contribution in [3.63, 3.8) is 0 Å². The van der Waals surface area contributed by atoms with Crippen molar-refractivity contribution in [3.8, 4) is 0 Å². The highest BCUT2D eigenvalue weighted by atomic mass is 35.5. The van der Waals surface area contributed by atoms with Gasteiger partial charge in [0, 0.05) is 5.02 Å². The van der Waals surface area contributed by atoms with Crippen molar-refractivity contribution in [1.29, 1.82) is 0 Å². The summed E-state index contributed by atoms with van der Waals surface area (Å²) in [7, 11) is 0. The van der Waals surface area contributed by atoms with Crippen LogP contribution in [-0.2, 0) is 9.59 Å². The van der Waals surface area contributed by atoms with Gasteiger partial charge in [0.05, 0.1) is 5.92 Å². The van der Waals surface area contributed by atoms with E-state index < -0.39 is 5.92 Å². The summed E-state index contributed by atoms with van der Waals surface area (Å²) in [6, 6.07) is 6.85. The van der Waals surface area contributed by atoms with Crippen molar-refractivity contribution in [2.45, 2.75) is 12.8 Å². The highest BCUT2D eigenvalue weighted by Gasteiger charge is 2.17. The maximum Gasteiger partial charge on any atom is 0.144 e. The van der Waals surface area contributed by atoms with Crippen LogP contribution in [0.2, 0.25) is 5.02 Å². The first kappa shape index (κ1) is 9.93. The molecule has 0 saturated heterocycles. The van der Waals surface area contributed by atoms with E-state index in [1.165, 1.54) is 6.92 Å². The van der Waals surface area contributed by atoms with Gasteiger partial charge in [0.2, 0.25) is 0 Å². The number of halogens is 1. The van der Waals surface area contributed by atoms with E-state index >= 15 is 0 Å². The van der Waals surface area contributed by atoms with E-state index in [9.17, 15) is 9.59 Å². The minimum absolute atomic E-state index is 0.192. The van der Waals surface area contributed by atoms with Crippen molar-refractivity contribution < 1.29 is 9.59 Å². The third-order valence-corrected chi connectivity index (χ3v) is 2.16. The number of aldehydes is 1. The second-order valence-corrected chi connectivity index (χ2v) is 3.15. The Morgan fingerprint density at radius 1 is 1.46 bits per heavy atom. The quantitative estimate of drug-likeness (QED) is 0.549. The fourth-order valence-corrected chi connectivity index (χ4v) is 1.37. The number of ketones is 1. The fraction of sp³-hybridized carbons (Fsp3) is 0.200. The van der Waals surface area contributed by atoms with Crippen LogP contribution < -0.4 is 0 Å². The van der Waals surface area contributed by atoms with E-state index in [4.69, 9.17) is 11.6 Å². The molecule has 2 nitrogen and oxygen atoms in total. The van der Waals surface area contributed by atoms with E-state index in [0.29, 0.717) is 16.9 Å². The first-order valence-corrected chi connectivity index (χ1v) is 4.24. The molecule has 1 rings (SSSR count). The number of carbonyl (C=O) groups is 2. The largest absolute Gasteiger partial charge is 0.302 e. The maximum absolute atomic E-state index is 11.0. The van der Waals surface area contributed by atoms with Gasteiger partial charge in [0.15, 0.2) is 0 Å². The predicted molar refractivity (Wildman–Crippen MR) is 50.9 cm³/mol. The molecular weight excluding hydrogens is 188 g/mol. The third-order valence-electron chi connectivity index (χ3n) is 1.81. The summed E-state index contributed by atoms with van der Waals surface area (Å²) >= 11 is 5.83. The smallest absolute Gasteiger partial charge is 0.144 e. The number of benzene rings is 1. The number of rotatable bonds is 3. The van der Waals surface area contributed by atoms with Gasteiger partial charge in [0.1, 0.15) is 12.1 Å². The minimum atomic E-state index is -0.728. The van der Waals surface area contributed by atoms with Gasteiger partial charge in [-0.05, 0) is 18.6 Å². The van der Waals surface area contributed by atoms with E-state index in [0.717, 1.165) is 0 Å². The number of Topliss-reactive ketones (excluding diaryl/α,β-unsaturated/α-hetero) is 1. The molecule has 0 amide bonds. The monoisotopic (exact) mass is 196 g/mol. The van der Waals surface area contributed by atoms with Crippen LogP contribution in [0.15, 0.2) is 24.3 Å². The van der Waals surface area contributed by atoms with Crippen molar-refractivity contribution in [2.75, 3.05) is 0 Å². The maximum atomic E-state index is 11.0. The second kappa shape index (κ2) is 4.19. The van der Waals surface area contributed by atoms with Gasteiger partial charge in [-0.25, -0.2) is 0 Å². The summed E-state index contributed by atoms with van der Waals surface area (Å²) in [5, 5.41) is 0.454. The van der Waals surface area contributed by atoms with E-state index in [2.05, 4.69) is 0 Å². The summed E-state index contributed by atoms with van der Waals surface area (Å²) in [6.07, 6.45) is 0.615. The number of hydrogen-bond donors (Lipinski definition) is 0. The lowest BCUT2D eigenvalue weighted by atomic mass is 9.97. The molecule has 0 aromatic heterocycles. The molecule has 0 spiro atoms. The zero-order valence-corrected chi connectivity index (χ0v) is 7.91. The molecule has 0 aliphatic rings. The molecule has 68 valence electrons. The Bertz CT molecular complexity index is 333. The molecule has 1 atom stereocenters. The Kier molecular flexibility index (Phi) is 3.20. The molecule has 1 aromatic rings. The molecule has 0 fully saturated rings. The topological polar surface area (TPSA) is 34.1 Å². The summed E-state index contributed by atoms with van der Waals surface area (Å²) in [5.74, 6) is -0.920. The minimum Gasteiger partial charge on any atom is -0.302 e. The van der Waals surface area contributed by atoms with Gasteiger partial charge >= 0.3 is 0 Å². The van der Waals surface area contributed by atoms with Crippen LogP contribution in [0.3, 0.4) is 0 Å². The molecule has 1 unspecified atom stereocenters. The van der Waals surface area contributed by atoms with Gasteiger partial charge in [0.25, 0.3) is 0 Å². The fourth-order valence-electron chi connectivity index (χ4n) is 1.12. The number of carbonyl (C=O) groups excluding carboxylic acids is 2. The van der Waals surface area contributed by atoms with Crippen LogP contribution in [-0.4, -0.2) is 12.1 Å². The SMILES string of the molecule is CC(=O)C(C=O)c1ccccc1Cl. The molecular formula is C10H9ClO2. The van der Waals surface area contributed by atoms with Crippen molar-refractivity contribution in [2.24, 2.45) is 0 Å². The van der Waals surface area contributed by atoms with Crippen molar-refractivity contribution >= 4 is 23.7 Å². The van der Waals surface area contributed by atoms with E-state index in [1.807, 2.05) is 0 Å². The zero-order chi connectivity index (χ0) is 9.84. The summed E-state index contributed by atoms with van der Waals surface area (Å²) in [6.45, 7) is 1.38. The van der Waals surface area contributed by atoms with Crippen LogP contribution in [0.5, 0.6) is 0 Å². The lowest BCUT2D eigenvalue weighted by Gasteiger charge is -2.07. The highest BCUT2D eigenvalue weighted by molar-refractivity contribution is 6.32. The van der Waals surface area contributed by atoms with E-state index in [-0.39, 0.29) is 5.78 Å². The van der Waals surface area contributed by atoms with Gasteiger partial charge in [-0.15, -0.1) is 0 Å². The molecule has 0 bridgehead atoms.